The number of nitrogens with zero attached hydrogens (tertiary/aromatic N) is 2. The first-order chi connectivity index (χ1) is 11.3. The van der Waals surface area contributed by atoms with Crippen LogP contribution in [0, 0.1) is 0 Å². The average Bonchev–Trinajstić information content (AvgIpc) is 2.59. The minimum Gasteiger partial charge on any atom is -0.439 e. The largest absolute Gasteiger partial charge is 0.439 e. The lowest BCUT2D eigenvalue weighted by atomic mass is 10.2. The maximum absolute atomic E-state index is 5.89. The SMILES string of the molecule is Clc1ccc(Oc2ncccc2CNCc2cccnc2)cc1. The molecule has 0 radical (unpaired) electrons. The van der Waals surface area contributed by atoms with E-state index in [1.807, 2.05) is 42.6 Å². The number of benzene rings is 1. The molecule has 0 aliphatic rings. The van der Waals surface area contributed by atoms with Gasteiger partial charge in [-0.25, -0.2) is 4.98 Å². The van der Waals surface area contributed by atoms with Crippen LogP contribution >= 0.6 is 11.6 Å². The van der Waals surface area contributed by atoms with E-state index >= 15 is 0 Å². The Balaban J connectivity index is 1.64. The third-order valence-electron chi connectivity index (χ3n) is 3.25. The van der Waals surface area contributed by atoms with Crippen molar-refractivity contribution in [3.63, 3.8) is 0 Å². The van der Waals surface area contributed by atoms with Crippen LogP contribution in [0.5, 0.6) is 11.6 Å². The molecule has 0 saturated heterocycles. The summed E-state index contributed by atoms with van der Waals surface area (Å²) in [6.07, 6.45) is 5.33. The van der Waals surface area contributed by atoms with Crippen molar-refractivity contribution in [3.8, 4) is 11.6 Å². The van der Waals surface area contributed by atoms with Crippen LogP contribution in [0.2, 0.25) is 5.02 Å². The van der Waals surface area contributed by atoms with E-state index in [0.29, 0.717) is 23.2 Å². The van der Waals surface area contributed by atoms with E-state index in [0.717, 1.165) is 17.7 Å². The van der Waals surface area contributed by atoms with Crippen LogP contribution in [-0.4, -0.2) is 9.97 Å². The molecule has 23 heavy (non-hydrogen) atoms. The second kappa shape index (κ2) is 7.72. The van der Waals surface area contributed by atoms with E-state index in [-0.39, 0.29) is 0 Å². The summed E-state index contributed by atoms with van der Waals surface area (Å²) in [5.74, 6) is 1.30. The number of rotatable bonds is 6. The van der Waals surface area contributed by atoms with Gasteiger partial charge in [-0.3, -0.25) is 4.98 Å². The van der Waals surface area contributed by atoms with Crippen molar-refractivity contribution < 1.29 is 4.74 Å². The zero-order valence-electron chi connectivity index (χ0n) is 12.4. The second-order valence-corrected chi connectivity index (χ2v) is 5.42. The van der Waals surface area contributed by atoms with Gasteiger partial charge in [-0.1, -0.05) is 23.7 Å². The Kier molecular flexibility index (Phi) is 5.19. The second-order valence-electron chi connectivity index (χ2n) is 4.99. The molecule has 1 aromatic carbocycles. The summed E-state index contributed by atoms with van der Waals surface area (Å²) >= 11 is 5.89. The first-order valence-corrected chi connectivity index (χ1v) is 7.66. The molecule has 0 atom stereocenters. The number of hydrogen-bond acceptors (Lipinski definition) is 4. The molecule has 3 aromatic rings. The molecular weight excluding hydrogens is 310 g/mol. The number of hydrogen-bond donors (Lipinski definition) is 1. The van der Waals surface area contributed by atoms with E-state index in [4.69, 9.17) is 16.3 Å². The number of aromatic nitrogens is 2. The summed E-state index contributed by atoms with van der Waals surface area (Å²) in [5, 5.41) is 4.05. The van der Waals surface area contributed by atoms with Crippen LogP contribution in [0.15, 0.2) is 67.1 Å². The molecule has 0 amide bonds. The fraction of sp³-hybridized carbons (Fsp3) is 0.111. The Morgan fingerprint density at radius 2 is 1.78 bits per heavy atom. The van der Waals surface area contributed by atoms with Crippen molar-refractivity contribution in [2.24, 2.45) is 0 Å². The van der Waals surface area contributed by atoms with Crippen molar-refractivity contribution in [3.05, 3.63) is 83.3 Å². The number of nitrogens with one attached hydrogen (secondary N) is 1. The lowest BCUT2D eigenvalue weighted by Gasteiger charge is -2.11. The molecule has 1 N–H and O–H groups in total. The Bertz CT molecular complexity index is 748. The molecule has 2 aromatic heterocycles. The highest BCUT2D eigenvalue weighted by Gasteiger charge is 2.06. The normalized spacial score (nSPS) is 10.5. The summed E-state index contributed by atoms with van der Waals surface area (Å²) in [4.78, 5) is 8.42. The van der Waals surface area contributed by atoms with Gasteiger partial charge in [-0.2, -0.15) is 0 Å². The first kappa shape index (κ1) is 15.5. The van der Waals surface area contributed by atoms with Gasteiger partial charge in [0.15, 0.2) is 0 Å². The molecule has 0 spiro atoms. The van der Waals surface area contributed by atoms with Crippen LogP contribution in [0.1, 0.15) is 11.1 Å². The fourth-order valence-corrected chi connectivity index (χ4v) is 2.24. The maximum atomic E-state index is 5.89. The van der Waals surface area contributed by atoms with E-state index in [9.17, 15) is 0 Å². The molecule has 0 bridgehead atoms. The minimum absolute atomic E-state index is 0.591. The molecular formula is C18H16ClN3O. The zero-order chi connectivity index (χ0) is 15.9. The molecule has 0 aliphatic carbocycles. The standard InChI is InChI=1S/C18H16ClN3O/c19-16-5-7-17(8-6-16)23-18-15(4-2-10-22-18)13-21-12-14-3-1-9-20-11-14/h1-11,21H,12-13H2. The van der Waals surface area contributed by atoms with Gasteiger partial charge in [0.25, 0.3) is 0 Å². The third kappa shape index (κ3) is 4.52. The lowest BCUT2D eigenvalue weighted by molar-refractivity contribution is 0.453. The Hall–Kier alpha value is -2.43. The summed E-state index contributed by atoms with van der Waals surface area (Å²) in [7, 11) is 0. The van der Waals surface area contributed by atoms with Crippen LogP contribution < -0.4 is 10.1 Å². The maximum Gasteiger partial charge on any atom is 0.223 e. The number of ether oxygens (including phenoxy) is 1. The summed E-state index contributed by atoms with van der Waals surface area (Å²) < 4.78 is 5.85. The van der Waals surface area contributed by atoms with Gasteiger partial charge < -0.3 is 10.1 Å². The number of pyridine rings is 2. The molecule has 0 aliphatic heterocycles. The van der Waals surface area contributed by atoms with Gasteiger partial charge in [0, 0.05) is 42.3 Å². The van der Waals surface area contributed by atoms with Crippen molar-refractivity contribution in [1.82, 2.24) is 15.3 Å². The van der Waals surface area contributed by atoms with Crippen molar-refractivity contribution >= 4 is 11.6 Å². The van der Waals surface area contributed by atoms with Gasteiger partial charge in [-0.15, -0.1) is 0 Å². The monoisotopic (exact) mass is 325 g/mol. The van der Waals surface area contributed by atoms with Crippen molar-refractivity contribution in [2.75, 3.05) is 0 Å². The number of halogens is 1. The predicted octanol–water partition coefficient (Wildman–Crippen LogP) is 4.21. The van der Waals surface area contributed by atoms with Gasteiger partial charge in [0.05, 0.1) is 0 Å². The molecule has 116 valence electrons. The predicted molar refractivity (Wildman–Crippen MR) is 90.5 cm³/mol. The fourth-order valence-electron chi connectivity index (χ4n) is 2.11. The average molecular weight is 326 g/mol. The molecule has 0 saturated carbocycles. The van der Waals surface area contributed by atoms with Crippen molar-refractivity contribution in [1.29, 1.82) is 0 Å². The summed E-state index contributed by atoms with van der Waals surface area (Å²) in [6, 6.07) is 15.1. The smallest absolute Gasteiger partial charge is 0.223 e. The van der Waals surface area contributed by atoms with Crippen LogP contribution in [0.4, 0.5) is 0 Å². The molecule has 2 heterocycles. The van der Waals surface area contributed by atoms with E-state index in [1.165, 1.54) is 0 Å². The lowest BCUT2D eigenvalue weighted by Crippen LogP contribution is -2.13. The van der Waals surface area contributed by atoms with Gasteiger partial charge >= 0.3 is 0 Å². The highest BCUT2D eigenvalue weighted by atomic mass is 35.5. The highest BCUT2D eigenvalue weighted by Crippen LogP contribution is 2.24. The Labute approximate surface area is 140 Å². The van der Waals surface area contributed by atoms with Crippen LogP contribution in [0.25, 0.3) is 0 Å². The topological polar surface area (TPSA) is 47.0 Å². The Morgan fingerprint density at radius 1 is 0.957 bits per heavy atom. The van der Waals surface area contributed by atoms with Gasteiger partial charge in [0.2, 0.25) is 5.88 Å². The van der Waals surface area contributed by atoms with E-state index < -0.39 is 0 Å². The minimum atomic E-state index is 0.591. The van der Waals surface area contributed by atoms with Crippen LogP contribution in [-0.2, 0) is 13.1 Å². The van der Waals surface area contributed by atoms with Crippen molar-refractivity contribution in [2.45, 2.75) is 13.1 Å². The molecule has 0 fully saturated rings. The highest BCUT2D eigenvalue weighted by molar-refractivity contribution is 6.30. The molecule has 4 nitrogen and oxygen atoms in total. The molecule has 5 heteroatoms. The van der Waals surface area contributed by atoms with Gasteiger partial charge in [-0.05, 0) is 42.0 Å². The zero-order valence-corrected chi connectivity index (χ0v) is 13.2. The van der Waals surface area contributed by atoms with Gasteiger partial charge in [0.1, 0.15) is 5.75 Å². The first-order valence-electron chi connectivity index (χ1n) is 7.28. The summed E-state index contributed by atoms with van der Waals surface area (Å²) in [6.45, 7) is 1.40. The van der Waals surface area contributed by atoms with Crippen LogP contribution in [0.3, 0.4) is 0 Å². The Morgan fingerprint density at radius 3 is 2.57 bits per heavy atom. The van der Waals surface area contributed by atoms with E-state index in [1.54, 1.807) is 24.5 Å². The van der Waals surface area contributed by atoms with E-state index in [2.05, 4.69) is 15.3 Å². The quantitative estimate of drug-likeness (QED) is 0.737. The molecule has 3 rings (SSSR count). The molecule has 0 unspecified atom stereocenters. The third-order valence-corrected chi connectivity index (χ3v) is 3.50. The summed E-state index contributed by atoms with van der Waals surface area (Å²) in [5.41, 5.74) is 2.13.